The van der Waals surface area contributed by atoms with E-state index in [0.717, 1.165) is 52.6 Å². The monoisotopic (exact) mass is 442 g/mol. The van der Waals surface area contributed by atoms with Crippen LogP contribution < -0.4 is 10.8 Å². The van der Waals surface area contributed by atoms with Crippen molar-refractivity contribution in [3.8, 4) is 21.9 Å². The molecule has 0 saturated heterocycles. The number of unbranched alkanes of at least 4 members (excludes halogenated alkanes) is 4. The fourth-order valence-corrected chi connectivity index (χ4v) is 4.65. The minimum absolute atomic E-state index is 0.148. The van der Waals surface area contributed by atoms with Gasteiger partial charge in [0.2, 0.25) is 5.91 Å². The molecule has 1 heterocycles. The van der Waals surface area contributed by atoms with Crippen LogP contribution in [-0.4, -0.2) is 33.8 Å². The van der Waals surface area contributed by atoms with Crippen molar-refractivity contribution in [1.29, 1.82) is 0 Å². The van der Waals surface area contributed by atoms with Gasteiger partial charge in [-0.25, -0.2) is 5.48 Å². The van der Waals surface area contributed by atoms with E-state index in [9.17, 15) is 19.8 Å². The van der Waals surface area contributed by atoms with Gasteiger partial charge in [0.1, 0.15) is 11.5 Å². The number of rotatable bonds is 10. The molecular formula is C23H26N2O5S. The highest BCUT2D eigenvalue weighted by atomic mass is 32.1. The maximum atomic E-state index is 13.0. The predicted octanol–water partition coefficient (Wildman–Crippen LogP) is 4.56. The lowest BCUT2D eigenvalue weighted by atomic mass is 10.0. The van der Waals surface area contributed by atoms with E-state index in [-0.39, 0.29) is 23.3 Å². The van der Waals surface area contributed by atoms with Gasteiger partial charge in [-0.3, -0.25) is 14.8 Å². The molecule has 0 aliphatic rings. The summed E-state index contributed by atoms with van der Waals surface area (Å²) in [7, 11) is 0. The SMILES string of the molecule is O=C(CCCCCCCNC(=O)c1c(-c2ccc(O)cc2)sc2cc(O)ccc12)NO. The Balaban J connectivity index is 1.63. The molecule has 0 radical (unpaired) electrons. The zero-order valence-electron chi connectivity index (χ0n) is 17.1. The number of hydroxylamine groups is 1. The van der Waals surface area contributed by atoms with Gasteiger partial charge < -0.3 is 15.5 Å². The van der Waals surface area contributed by atoms with Gasteiger partial charge in [-0.2, -0.15) is 0 Å². The molecule has 0 aliphatic carbocycles. The molecule has 164 valence electrons. The first-order chi connectivity index (χ1) is 15.0. The quantitative estimate of drug-likeness (QED) is 0.179. The van der Waals surface area contributed by atoms with E-state index >= 15 is 0 Å². The van der Waals surface area contributed by atoms with Crippen LogP contribution in [0.15, 0.2) is 42.5 Å². The van der Waals surface area contributed by atoms with Crippen LogP contribution in [0.3, 0.4) is 0 Å². The van der Waals surface area contributed by atoms with Crippen LogP contribution in [0, 0.1) is 0 Å². The average molecular weight is 443 g/mol. The van der Waals surface area contributed by atoms with Crippen molar-refractivity contribution >= 4 is 33.2 Å². The van der Waals surface area contributed by atoms with Gasteiger partial charge in [0.25, 0.3) is 5.91 Å². The average Bonchev–Trinajstić information content (AvgIpc) is 3.14. The topological polar surface area (TPSA) is 119 Å². The Labute approximate surface area is 184 Å². The van der Waals surface area contributed by atoms with Crippen molar-refractivity contribution in [3.05, 3.63) is 48.0 Å². The number of carbonyl (C=O) groups excluding carboxylic acids is 2. The zero-order chi connectivity index (χ0) is 22.2. The second kappa shape index (κ2) is 10.8. The normalized spacial score (nSPS) is 10.9. The van der Waals surface area contributed by atoms with E-state index in [0.29, 0.717) is 18.5 Å². The summed E-state index contributed by atoms with van der Waals surface area (Å²) in [6, 6.07) is 11.7. The second-order valence-corrected chi connectivity index (χ2v) is 8.39. The van der Waals surface area contributed by atoms with Gasteiger partial charge in [0.15, 0.2) is 0 Å². The summed E-state index contributed by atoms with van der Waals surface area (Å²) >= 11 is 1.43. The van der Waals surface area contributed by atoms with E-state index in [1.54, 1.807) is 47.9 Å². The van der Waals surface area contributed by atoms with Crippen LogP contribution in [-0.2, 0) is 4.79 Å². The van der Waals surface area contributed by atoms with Crippen LogP contribution in [0.1, 0.15) is 48.9 Å². The number of fused-ring (bicyclic) bond motifs is 1. The molecule has 3 aromatic rings. The molecule has 0 saturated carbocycles. The summed E-state index contributed by atoms with van der Waals surface area (Å²) in [6.07, 6.45) is 4.65. The smallest absolute Gasteiger partial charge is 0.253 e. The summed E-state index contributed by atoms with van der Waals surface area (Å²) in [4.78, 5) is 24.8. The third-order valence-electron chi connectivity index (χ3n) is 5.02. The molecule has 2 aromatic carbocycles. The largest absolute Gasteiger partial charge is 0.508 e. The summed E-state index contributed by atoms with van der Waals surface area (Å²) in [5.74, 6) is -0.229. The van der Waals surface area contributed by atoms with E-state index in [1.807, 2.05) is 0 Å². The minimum atomic E-state index is -0.368. The first-order valence-corrected chi connectivity index (χ1v) is 11.1. The lowest BCUT2D eigenvalue weighted by Gasteiger charge is -2.08. The first-order valence-electron chi connectivity index (χ1n) is 10.3. The first kappa shape index (κ1) is 22.6. The van der Waals surface area contributed by atoms with Gasteiger partial charge in [-0.05, 0) is 60.9 Å². The van der Waals surface area contributed by atoms with Gasteiger partial charge in [-0.15, -0.1) is 11.3 Å². The van der Waals surface area contributed by atoms with Gasteiger partial charge in [-0.1, -0.05) is 19.3 Å². The Bertz CT molecular complexity index is 1050. The Morgan fingerprint density at radius 3 is 2.29 bits per heavy atom. The summed E-state index contributed by atoms with van der Waals surface area (Å²) in [6.45, 7) is 0.542. The number of phenols is 2. The second-order valence-electron chi connectivity index (χ2n) is 7.34. The van der Waals surface area contributed by atoms with Crippen molar-refractivity contribution < 1.29 is 25.0 Å². The number of hydrogen-bond acceptors (Lipinski definition) is 6. The molecule has 0 atom stereocenters. The van der Waals surface area contributed by atoms with Crippen molar-refractivity contribution in [1.82, 2.24) is 10.8 Å². The molecule has 0 bridgehead atoms. The predicted molar refractivity (Wildman–Crippen MR) is 121 cm³/mol. The van der Waals surface area contributed by atoms with Crippen molar-refractivity contribution in [2.75, 3.05) is 6.54 Å². The van der Waals surface area contributed by atoms with E-state index in [2.05, 4.69) is 5.32 Å². The lowest BCUT2D eigenvalue weighted by molar-refractivity contribution is -0.129. The Kier molecular flexibility index (Phi) is 7.86. The molecular weight excluding hydrogens is 416 g/mol. The standard InChI is InChI=1S/C23H26N2O5S/c26-16-9-7-15(8-10-16)22-21(18-12-11-17(27)14-19(18)31-22)23(29)24-13-5-3-1-2-4-6-20(28)25-30/h7-12,14,26-27,30H,1-6,13H2,(H,24,29)(H,25,28). The van der Waals surface area contributed by atoms with Gasteiger partial charge in [0, 0.05) is 27.9 Å². The molecule has 0 spiro atoms. The number of aromatic hydroxyl groups is 2. The zero-order valence-corrected chi connectivity index (χ0v) is 17.9. The van der Waals surface area contributed by atoms with E-state index in [4.69, 9.17) is 5.21 Å². The summed E-state index contributed by atoms with van der Waals surface area (Å²) in [5.41, 5.74) is 3.02. The summed E-state index contributed by atoms with van der Waals surface area (Å²) in [5, 5.41) is 31.6. The number of phenolic OH excluding ortho intramolecular Hbond substituents is 2. The molecule has 0 fully saturated rings. The maximum Gasteiger partial charge on any atom is 0.253 e. The number of thiophene rings is 1. The molecule has 5 N–H and O–H groups in total. The molecule has 31 heavy (non-hydrogen) atoms. The van der Waals surface area contributed by atoms with Crippen LogP contribution >= 0.6 is 11.3 Å². The Hall–Kier alpha value is -3.10. The van der Waals surface area contributed by atoms with Crippen molar-refractivity contribution in [2.45, 2.75) is 38.5 Å². The van der Waals surface area contributed by atoms with Gasteiger partial charge in [0.05, 0.1) is 5.56 Å². The number of benzene rings is 2. The molecule has 0 unspecified atom stereocenters. The Morgan fingerprint density at radius 1 is 0.871 bits per heavy atom. The van der Waals surface area contributed by atoms with Crippen LogP contribution in [0.2, 0.25) is 0 Å². The molecule has 0 aliphatic heterocycles. The molecule has 2 amide bonds. The van der Waals surface area contributed by atoms with Crippen LogP contribution in [0.5, 0.6) is 11.5 Å². The molecule has 1 aromatic heterocycles. The molecule has 3 rings (SSSR count). The fraction of sp³-hybridized carbons (Fsp3) is 0.304. The lowest BCUT2D eigenvalue weighted by Crippen LogP contribution is -2.24. The highest BCUT2D eigenvalue weighted by Gasteiger charge is 2.20. The van der Waals surface area contributed by atoms with Crippen LogP contribution in [0.4, 0.5) is 0 Å². The number of amides is 2. The minimum Gasteiger partial charge on any atom is -0.508 e. The maximum absolute atomic E-state index is 13.0. The van der Waals surface area contributed by atoms with E-state index in [1.165, 1.54) is 11.3 Å². The highest BCUT2D eigenvalue weighted by molar-refractivity contribution is 7.22. The van der Waals surface area contributed by atoms with E-state index < -0.39 is 0 Å². The third-order valence-corrected chi connectivity index (χ3v) is 6.22. The van der Waals surface area contributed by atoms with Gasteiger partial charge >= 0.3 is 0 Å². The molecule has 8 heteroatoms. The number of hydrogen-bond donors (Lipinski definition) is 5. The Morgan fingerprint density at radius 2 is 1.55 bits per heavy atom. The fourth-order valence-electron chi connectivity index (χ4n) is 3.41. The number of nitrogens with one attached hydrogen (secondary N) is 2. The summed E-state index contributed by atoms with van der Waals surface area (Å²) < 4.78 is 0.820. The third kappa shape index (κ3) is 5.96. The van der Waals surface area contributed by atoms with Crippen LogP contribution in [0.25, 0.3) is 20.5 Å². The van der Waals surface area contributed by atoms with Crippen molar-refractivity contribution in [3.63, 3.8) is 0 Å². The van der Waals surface area contributed by atoms with Crippen molar-refractivity contribution in [2.24, 2.45) is 0 Å². The molecule has 7 nitrogen and oxygen atoms in total. The highest BCUT2D eigenvalue weighted by Crippen LogP contribution is 2.40. The number of carbonyl (C=O) groups is 2.